The second-order valence-electron chi connectivity index (χ2n) is 3.72. The minimum Gasteiger partial charge on any atom is -0.211 e. The van der Waals surface area contributed by atoms with Crippen LogP contribution in [0.1, 0.15) is 24.8 Å². The molecule has 2 nitrogen and oxygen atoms in total. The van der Waals surface area contributed by atoms with Crippen LogP contribution in [0.15, 0.2) is 23.2 Å². The fraction of sp³-hybridized carbons (Fsp3) is 0.364. The Hall–Kier alpha value is -1.18. The Labute approximate surface area is 91.8 Å². The average molecular weight is 226 g/mol. The molecular formula is C11H9ClFNO. The highest BCUT2D eigenvalue weighted by Crippen LogP contribution is 2.45. The van der Waals surface area contributed by atoms with Crippen LogP contribution in [0.4, 0.5) is 4.39 Å². The lowest BCUT2D eigenvalue weighted by atomic mass is 9.72. The summed E-state index contributed by atoms with van der Waals surface area (Å²) >= 11 is 5.59. The second-order valence-corrected chi connectivity index (χ2v) is 4.12. The molecule has 0 bridgehead atoms. The van der Waals surface area contributed by atoms with Gasteiger partial charge in [0.25, 0.3) is 0 Å². The monoisotopic (exact) mass is 225 g/mol. The van der Waals surface area contributed by atoms with Gasteiger partial charge in [0.15, 0.2) is 0 Å². The number of isocyanates is 1. The van der Waals surface area contributed by atoms with Crippen LogP contribution in [0.2, 0.25) is 5.02 Å². The third-order valence-corrected chi connectivity index (χ3v) is 3.20. The van der Waals surface area contributed by atoms with Crippen LogP contribution in [-0.4, -0.2) is 6.08 Å². The molecule has 1 fully saturated rings. The van der Waals surface area contributed by atoms with Gasteiger partial charge in [0.1, 0.15) is 5.82 Å². The van der Waals surface area contributed by atoms with E-state index >= 15 is 0 Å². The number of carbonyl (C=O) groups excluding carboxylic acids is 1. The van der Waals surface area contributed by atoms with E-state index in [0.717, 1.165) is 19.3 Å². The minimum atomic E-state index is -0.548. The Balaban J connectivity index is 2.43. The van der Waals surface area contributed by atoms with E-state index in [0.29, 0.717) is 5.56 Å². The summed E-state index contributed by atoms with van der Waals surface area (Å²) in [6.07, 6.45) is 4.09. The molecule has 1 saturated carbocycles. The Bertz CT molecular complexity index is 436. The number of hydrogen-bond acceptors (Lipinski definition) is 2. The van der Waals surface area contributed by atoms with Gasteiger partial charge < -0.3 is 0 Å². The fourth-order valence-electron chi connectivity index (χ4n) is 1.85. The Kier molecular flexibility index (Phi) is 2.59. The van der Waals surface area contributed by atoms with Gasteiger partial charge in [-0.15, -0.1) is 0 Å². The molecule has 0 spiro atoms. The SMILES string of the molecule is O=C=NC1(c2ccc(Cl)c(F)c2)CCC1. The molecule has 0 aliphatic heterocycles. The fourth-order valence-corrected chi connectivity index (χ4v) is 1.97. The molecule has 2 rings (SSSR count). The van der Waals surface area contributed by atoms with Crippen LogP contribution >= 0.6 is 11.6 Å². The van der Waals surface area contributed by atoms with Gasteiger partial charge in [-0.05, 0) is 37.0 Å². The van der Waals surface area contributed by atoms with Gasteiger partial charge in [0.05, 0.1) is 10.6 Å². The van der Waals surface area contributed by atoms with Crippen LogP contribution < -0.4 is 0 Å². The minimum absolute atomic E-state index is 0.0864. The molecule has 0 N–H and O–H groups in total. The van der Waals surface area contributed by atoms with E-state index < -0.39 is 11.4 Å². The van der Waals surface area contributed by atoms with E-state index in [2.05, 4.69) is 4.99 Å². The van der Waals surface area contributed by atoms with Crippen LogP contribution in [0.5, 0.6) is 0 Å². The third-order valence-electron chi connectivity index (χ3n) is 2.90. The van der Waals surface area contributed by atoms with E-state index in [1.807, 2.05) is 0 Å². The summed E-state index contributed by atoms with van der Waals surface area (Å²) in [5, 5.41) is 0.0864. The van der Waals surface area contributed by atoms with Gasteiger partial charge in [0.2, 0.25) is 6.08 Å². The predicted molar refractivity (Wildman–Crippen MR) is 55.1 cm³/mol. The molecule has 15 heavy (non-hydrogen) atoms. The lowest BCUT2D eigenvalue weighted by molar-refractivity contribution is 0.255. The van der Waals surface area contributed by atoms with E-state index in [1.165, 1.54) is 12.1 Å². The third kappa shape index (κ3) is 1.69. The molecule has 0 radical (unpaired) electrons. The molecule has 0 atom stereocenters. The second kappa shape index (κ2) is 3.76. The van der Waals surface area contributed by atoms with Gasteiger partial charge in [-0.3, -0.25) is 0 Å². The maximum absolute atomic E-state index is 13.2. The summed E-state index contributed by atoms with van der Waals surface area (Å²) in [7, 11) is 0. The first-order valence-corrected chi connectivity index (χ1v) is 5.10. The van der Waals surface area contributed by atoms with Gasteiger partial charge in [-0.1, -0.05) is 17.7 Å². The molecule has 0 amide bonds. The average Bonchev–Trinajstić information content (AvgIpc) is 2.16. The molecule has 0 aromatic heterocycles. The van der Waals surface area contributed by atoms with Gasteiger partial charge in [-0.2, -0.15) is 4.99 Å². The maximum Gasteiger partial charge on any atom is 0.235 e. The summed E-state index contributed by atoms with van der Waals surface area (Å²) in [5.74, 6) is -0.471. The van der Waals surface area contributed by atoms with Crippen molar-refractivity contribution in [2.24, 2.45) is 4.99 Å². The number of hydrogen-bond donors (Lipinski definition) is 0. The van der Waals surface area contributed by atoms with E-state index in [9.17, 15) is 9.18 Å². The first kappa shape index (κ1) is 10.3. The molecule has 0 unspecified atom stereocenters. The molecular weight excluding hydrogens is 217 g/mol. The lowest BCUT2D eigenvalue weighted by Crippen LogP contribution is -2.31. The van der Waals surface area contributed by atoms with E-state index in [1.54, 1.807) is 12.1 Å². The normalized spacial score (nSPS) is 17.7. The quantitative estimate of drug-likeness (QED) is 0.561. The van der Waals surface area contributed by atoms with Crippen molar-refractivity contribution in [3.63, 3.8) is 0 Å². The molecule has 4 heteroatoms. The van der Waals surface area contributed by atoms with Crippen LogP contribution in [-0.2, 0) is 10.3 Å². The number of nitrogens with zero attached hydrogens (tertiary/aromatic N) is 1. The van der Waals surface area contributed by atoms with Crippen molar-refractivity contribution in [1.82, 2.24) is 0 Å². The number of halogens is 2. The molecule has 1 aromatic rings. The molecule has 0 saturated heterocycles. The topological polar surface area (TPSA) is 29.4 Å². The van der Waals surface area contributed by atoms with Crippen LogP contribution in [0, 0.1) is 5.82 Å². The van der Waals surface area contributed by atoms with E-state index in [-0.39, 0.29) is 5.02 Å². The smallest absolute Gasteiger partial charge is 0.211 e. The molecule has 0 heterocycles. The summed E-state index contributed by atoms with van der Waals surface area (Å²) < 4.78 is 13.2. The van der Waals surface area contributed by atoms with Crippen molar-refractivity contribution in [1.29, 1.82) is 0 Å². The Morgan fingerprint density at radius 3 is 2.67 bits per heavy atom. The number of aliphatic imine (C=N–C) groups is 1. The van der Waals surface area contributed by atoms with E-state index in [4.69, 9.17) is 11.6 Å². The van der Waals surface area contributed by atoms with Crippen LogP contribution in [0.25, 0.3) is 0 Å². The van der Waals surface area contributed by atoms with Crippen molar-refractivity contribution >= 4 is 17.7 Å². The van der Waals surface area contributed by atoms with Gasteiger partial charge in [-0.25, -0.2) is 9.18 Å². The van der Waals surface area contributed by atoms with Crippen molar-refractivity contribution in [3.8, 4) is 0 Å². The number of rotatable bonds is 2. The standard InChI is InChI=1S/C11H9ClFNO/c12-9-3-2-8(6-10(9)13)11(14-7-15)4-1-5-11/h2-3,6H,1,4-5H2. The van der Waals surface area contributed by atoms with Crippen molar-refractivity contribution in [2.45, 2.75) is 24.8 Å². The summed E-state index contributed by atoms with van der Waals surface area (Å²) in [4.78, 5) is 14.1. The molecule has 78 valence electrons. The zero-order valence-corrected chi connectivity index (χ0v) is 8.72. The number of benzene rings is 1. The molecule has 1 aromatic carbocycles. The maximum atomic E-state index is 13.2. The summed E-state index contributed by atoms with van der Waals surface area (Å²) in [6.45, 7) is 0. The first-order chi connectivity index (χ1) is 7.18. The molecule has 1 aliphatic carbocycles. The van der Waals surface area contributed by atoms with Crippen molar-refractivity contribution in [3.05, 3.63) is 34.6 Å². The molecule has 1 aliphatic rings. The Morgan fingerprint density at radius 1 is 1.47 bits per heavy atom. The highest BCUT2D eigenvalue weighted by molar-refractivity contribution is 6.30. The Morgan fingerprint density at radius 2 is 2.20 bits per heavy atom. The lowest BCUT2D eigenvalue weighted by Gasteiger charge is -2.37. The summed E-state index contributed by atoms with van der Waals surface area (Å²) in [5.41, 5.74) is 0.159. The van der Waals surface area contributed by atoms with Gasteiger partial charge >= 0.3 is 0 Å². The zero-order valence-electron chi connectivity index (χ0n) is 7.96. The van der Waals surface area contributed by atoms with Gasteiger partial charge in [0, 0.05) is 0 Å². The largest absolute Gasteiger partial charge is 0.235 e. The summed E-state index contributed by atoms with van der Waals surface area (Å²) in [6, 6.07) is 4.56. The zero-order chi connectivity index (χ0) is 10.9. The van der Waals surface area contributed by atoms with Crippen molar-refractivity contribution < 1.29 is 9.18 Å². The first-order valence-electron chi connectivity index (χ1n) is 4.72. The highest BCUT2D eigenvalue weighted by Gasteiger charge is 2.39. The van der Waals surface area contributed by atoms with Crippen molar-refractivity contribution in [2.75, 3.05) is 0 Å². The van der Waals surface area contributed by atoms with Crippen LogP contribution in [0.3, 0.4) is 0 Å². The predicted octanol–water partition coefficient (Wildman–Crippen LogP) is 3.19. The highest BCUT2D eigenvalue weighted by atomic mass is 35.5.